The lowest BCUT2D eigenvalue weighted by Crippen LogP contribution is -2.07. The molecule has 0 atom stereocenters. The Balaban J connectivity index is 1.90. The highest BCUT2D eigenvalue weighted by atomic mass is 16.3. The van der Waals surface area contributed by atoms with E-state index in [0.717, 1.165) is 41.9 Å². The van der Waals surface area contributed by atoms with Gasteiger partial charge in [0, 0.05) is 24.0 Å². The third kappa shape index (κ3) is 1.61. The van der Waals surface area contributed by atoms with Crippen LogP contribution in [0.3, 0.4) is 0 Å². The maximum atomic E-state index is 5.28. The Labute approximate surface area is 87.8 Å². The van der Waals surface area contributed by atoms with Crippen molar-refractivity contribution < 1.29 is 4.42 Å². The second kappa shape index (κ2) is 3.42. The highest BCUT2D eigenvalue weighted by Crippen LogP contribution is 2.20. The molecule has 0 saturated carbocycles. The molecule has 1 aromatic carbocycles. The van der Waals surface area contributed by atoms with E-state index in [-0.39, 0.29) is 0 Å². The van der Waals surface area contributed by atoms with Crippen LogP contribution < -0.4 is 5.32 Å². The summed E-state index contributed by atoms with van der Waals surface area (Å²) in [4.78, 5) is 4.38. The van der Waals surface area contributed by atoms with Gasteiger partial charge in [0.1, 0.15) is 11.4 Å². The SMILES string of the molecule is c1cc2cc(NC3=NCCC3)ccc2o1. The summed E-state index contributed by atoms with van der Waals surface area (Å²) in [5.41, 5.74) is 2.01. The maximum absolute atomic E-state index is 5.28. The molecule has 1 aliphatic rings. The van der Waals surface area contributed by atoms with Crippen LogP contribution in [-0.4, -0.2) is 12.4 Å². The van der Waals surface area contributed by atoms with Gasteiger partial charge in [0.25, 0.3) is 0 Å². The number of nitrogens with one attached hydrogen (secondary N) is 1. The first-order valence-electron chi connectivity index (χ1n) is 5.19. The van der Waals surface area contributed by atoms with Crippen molar-refractivity contribution in [2.45, 2.75) is 12.8 Å². The van der Waals surface area contributed by atoms with Crippen molar-refractivity contribution in [3.63, 3.8) is 0 Å². The predicted octanol–water partition coefficient (Wildman–Crippen LogP) is 3.04. The zero-order valence-electron chi connectivity index (χ0n) is 8.36. The lowest BCUT2D eigenvalue weighted by atomic mass is 10.2. The van der Waals surface area contributed by atoms with Gasteiger partial charge < -0.3 is 9.73 Å². The summed E-state index contributed by atoms with van der Waals surface area (Å²) in [5, 5.41) is 4.45. The average molecular weight is 200 g/mol. The van der Waals surface area contributed by atoms with Gasteiger partial charge in [-0.2, -0.15) is 0 Å². The molecular formula is C12H12N2O. The highest BCUT2D eigenvalue weighted by molar-refractivity contribution is 5.97. The number of rotatable bonds is 1. The molecule has 0 spiro atoms. The van der Waals surface area contributed by atoms with Crippen molar-refractivity contribution >= 4 is 22.5 Å². The number of benzene rings is 1. The Morgan fingerprint density at radius 2 is 2.27 bits per heavy atom. The number of amidine groups is 1. The van der Waals surface area contributed by atoms with E-state index in [0.29, 0.717) is 0 Å². The fourth-order valence-corrected chi connectivity index (χ4v) is 1.85. The van der Waals surface area contributed by atoms with Gasteiger partial charge in [0.2, 0.25) is 0 Å². The highest BCUT2D eigenvalue weighted by Gasteiger charge is 2.06. The summed E-state index contributed by atoms with van der Waals surface area (Å²) in [7, 11) is 0. The number of hydrogen-bond acceptors (Lipinski definition) is 3. The van der Waals surface area contributed by atoms with E-state index in [9.17, 15) is 0 Å². The Morgan fingerprint density at radius 3 is 3.13 bits per heavy atom. The zero-order valence-corrected chi connectivity index (χ0v) is 8.36. The first kappa shape index (κ1) is 8.53. The minimum Gasteiger partial charge on any atom is -0.464 e. The molecule has 0 saturated heterocycles. The van der Waals surface area contributed by atoms with E-state index in [2.05, 4.69) is 16.4 Å². The number of anilines is 1. The van der Waals surface area contributed by atoms with Gasteiger partial charge in [-0.3, -0.25) is 4.99 Å². The van der Waals surface area contributed by atoms with Crippen molar-refractivity contribution in [3.8, 4) is 0 Å². The van der Waals surface area contributed by atoms with Crippen LogP contribution in [0.15, 0.2) is 39.9 Å². The number of furan rings is 1. The molecule has 15 heavy (non-hydrogen) atoms. The van der Waals surface area contributed by atoms with Gasteiger partial charge in [0.05, 0.1) is 6.26 Å². The van der Waals surface area contributed by atoms with E-state index in [4.69, 9.17) is 4.42 Å². The van der Waals surface area contributed by atoms with Crippen LogP contribution in [0.2, 0.25) is 0 Å². The molecule has 0 radical (unpaired) electrons. The molecule has 2 heterocycles. The molecule has 1 aliphatic heterocycles. The quantitative estimate of drug-likeness (QED) is 0.768. The van der Waals surface area contributed by atoms with Gasteiger partial charge in [-0.05, 0) is 30.7 Å². The maximum Gasteiger partial charge on any atom is 0.133 e. The Hall–Kier alpha value is -1.77. The molecule has 0 bridgehead atoms. The van der Waals surface area contributed by atoms with E-state index in [1.807, 2.05) is 18.2 Å². The smallest absolute Gasteiger partial charge is 0.133 e. The van der Waals surface area contributed by atoms with Crippen LogP contribution in [0.25, 0.3) is 11.0 Å². The second-order valence-electron chi connectivity index (χ2n) is 3.73. The predicted molar refractivity (Wildman–Crippen MR) is 61.4 cm³/mol. The molecule has 76 valence electrons. The average Bonchev–Trinajstić information content (AvgIpc) is 2.87. The van der Waals surface area contributed by atoms with Gasteiger partial charge in [-0.25, -0.2) is 0 Å². The molecule has 0 aliphatic carbocycles. The Kier molecular flexibility index (Phi) is 1.95. The lowest BCUT2D eigenvalue weighted by molar-refractivity contribution is 0.616. The molecule has 3 rings (SSSR count). The summed E-state index contributed by atoms with van der Waals surface area (Å²) in [6.45, 7) is 0.955. The second-order valence-corrected chi connectivity index (χ2v) is 3.73. The first-order chi connectivity index (χ1) is 7.42. The number of fused-ring (bicyclic) bond motifs is 1. The molecule has 0 unspecified atom stereocenters. The monoisotopic (exact) mass is 200 g/mol. The molecule has 2 aromatic rings. The van der Waals surface area contributed by atoms with E-state index >= 15 is 0 Å². The topological polar surface area (TPSA) is 37.5 Å². The summed E-state index contributed by atoms with van der Waals surface area (Å²) >= 11 is 0. The van der Waals surface area contributed by atoms with Gasteiger partial charge in [-0.1, -0.05) is 0 Å². The molecule has 0 amide bonds. The fourth-order valence-electron chi connectivity index (χ4n) is 1.85. The number of nitrogens with zero attached hydrogens (tertiary/aromatic N) is 1. The first-order valence-corrected chi connectivity index (χ1v) is 5.19. The van der Waals surface area contributed by atoms with Crippen molar-refractivity contribution in [1.82, 2.24) is 0 Å². The molecule has 0 fully saturated rings. The molecule has 1 N–H and O–H groups in total. The summed E-state index contributed by atoms with van der Waals surface area (Å²) < 4.78 is 5.28. The van der Waals surface area contributed by atoms with Crippen LogP contribution >= 0.6 is 0 Å². The van der Waals surface area contributed by atoms with Crippen LogP contribution in [-0.2, 0) is 0 Å². The minimum absolute atomic E-state index is 0.925. The summed E-state index contributed by atoms with van der Waals surface area (Å²) in [6, 6.07) is 8.05. The van der Waals surface area contributed by atoms with Gasteiger partial charge in [0.15, 0.2) is 0 Å². The van der Waals surface area contributed by atoms with Crippen molar-refractivity contribution in [1.29, 1.82) is 0 Å². The summed E-state index contributed by atoms with van der Waals surface area (Å²) in [6.07, 6.45) is 3.93. The van der Waals surface area contributed by atoms with Crippen LogP contribution in [0, 0.1) is 0 Å². The van der Waals surface area contributed by atoms with Crippen LogP contribution in [0.1, 0.15) is 12.8 Å². The van der Waals surface area contributed by atoms with Gasteiger partial charge in [-0.15, -0.1) is 0 Å². The lowest BCUT2D eigenvalue weighted by Gasteiger charge is -2.04. The number of hydrogen-bond donors (Lipinski definition) is 1. The van der Waals surface area contributed by atoms with Crippen LogP contribution in [0.5, 0.6) is 0 Å². The fraction of sp³-hybridized carbons (Fsp3) is 0.250. The third-order valence-corrected chi connectivity index (χ3v) is 2.62. The normalized spacial score (nSPS) is 15.6. The van der Waals surface area contributed by atoms with Gasteiger partial charge >= 0.3 is 0 Å². The van der Waals surface area contributed by atoms with E-state index < -0.39 is 0 Å². The van der Waals surface area contributed by atoms with E-state index in [1.165, 1.54) is 0 Å². The molecular weight excluding hydrogens is 188 g/mol. The van der Waals surface area contributed by atoms with Crippen molar-refractivity contribution in [3.05, 3.63) is 30.5 Å². The molecule has 3 nitrogen and oxygen atoms in total. The largest absolute Gasteiger partial charge is 0.464 e. The summed E-state index contributed by atoms with van der Waals surface area (Å²) in [5.74, 6) is 1.10. The standard InChI is InChI=1S/C12H12N2O/c1-2-12(13-6-1)14-10-3-4-11-9(8-10)5-7-15-11/h3-5,7-8H,1-2,6H2,(H,13,14). The van der Waals surface area contributed by atoms with Crippen LogP contribution in [0.4, 0.5) is 5.69 Å². The molecule has 1 aromatic heterocycles. The third-order valence-electron chi connectivity index (χ3n) is 2.62. The van der Waals surface area contributed by atoms with Crippen molar-refractivity contribution in [2.75, 3.05) is 11.9 Å². The Bertz CT molecular complexity index is 513. The molecule has 3 heteroatoms. The van der Waals surface area contributed by atoms with Crippen molar-refractivity contribution in [2.24, 2.45) is 4.99 Å². The Morgan fingerprint density at radius 1 is 1.27 bits per heavy atom. The van der Waals surface area contributed by atoms with E-state index in [1.54, 1.807) is 6.26 Å². The zero-order chi connectivity index (χ0) is 10.1. The minimum atomic E-state index is 0.925. The number of aliphatic imine (C=N–C) groups is 1.